The van der Waals surface area contributed by atoms with Crippen molar-refractivity contribution < 1.29 is 32.9 Å². The highest BCUT2D eigenvalue weighted by Gasteiger charge is 2.35. The molecule has 2 heterocycles. The van der Waals surface area contributed by atoms with Crippen LogP contribution in [0.25, 0.3) is 0 Å². The molecular weight excluding hydrogens is 489 g/mol. The largest absolute Gasteiger partial charge is 0.466 e. The number of aliphatic hydroxyl groups excluding tert-OH is 2. The summed E-state index contributed by atoms with van der Waals surface area (Å²) in [6.07, 6.45) is 0.0479. The van der Waals surface area contributed by atoms with E-state index >= 15 is 0 Å². The van der Waals surface area contributed by atoms with Crippen LogP contribution in [0.1, 0.15) is 24.2 Å². The van der Waals surface area contributed by atoms with E-state index in [1.807, 2.05) is 0 Å². The lowest BCUT2D eigenvalue weighted by Gasteiger charge is -2.31. The van der Waals surface area contributed by atoms with Gasteiger partial charge in [-0.3, -0.25) is 9.89 Å². The van der Waals surface area contributed by atoms with E-state index in [9.17, 15) is 28.2 Å². The molecule has 3 N–H and O–H groups in total. The number of halogens is 4. The number of esters is 1. The normalized spacial score (nSPS) is 16.7. The number of nitrogens with one attached hydrogen (secondary N) is 1. The van der Waals surface area contributed by atoms with Crippen LogP contribution < -0.4 is 5.32 Å². The maximum Gasteiger partial charge on any atom is 0.338 e. The van der Waals surface area contributed by atoms with Crippen molar-refractivity contribution in [2.45, 2.75) is 19.1 Å². The third-order valence-corrected chi connectivity index (χ3v) is 5.47. The molecule has 8 nitrogen and oxygen atoms in total. The first-order chi connectivity index (χ1) is 16.6. The van der Waals surface area contributed by atoms with Crippen LogP contribution in [-0.2, 0) is 9.53 Å². The average molecular weight is 513 g/mol. The Kier molecular flexibility index (Phi) is 8.84. The Morgan fingerprint density at radius 2 is 2.03 bits per heavy atom. The molecule has 0 saturated carbocycles. The summed E-state index contributed by atoms with van der Waals surface area (Å²) in [4.78, 5) is 22.7. The number of ether oxygens (including phenoxy) is 1. The number of pyridine rings is 1. The quantitative estimate of drug-likeness (QED) is 0.443. The highest BCUT2D eigenvalue weighted by molar-refractivity contribution is 6.31. The predicted molar refractivity (Wildman–Crippen MR) is 122 cm³/mol. The fourth-order valence-electron chi connectivity index (χ4n) is 3.70. The number of aliphatic hydroxyl groups is 2. The molecule has 0 amide bonds. The number of methoxy groups -OCH3 is 1. The first kappa shape index (κ1) is 26.6. The summed E-state index contributed by atoms with van der Waals surface area (Å²) in [5, 5.41) is 22.2. The van der Waals surface area contributed by atoms with E-state index in [0.717, 1.165) is 25.4 Å². The molecule has 1 aromatic heterocycles. The maximum atomic E-state index is 14.6. The van der Waals surface area contributed by atoms with Crippen molar-refractivity contribution in [2.75, 3.05) is 33.4 Å². The smallest absolute Gasteiger partial charge is 0.338 e. The first-order valence-corrected chi connectivity index (χ1v) is 11.0. The lowest BCUT2D eigenvalue weighted by Crippen LogP contribution is -2.42. The molecule has 2 aromatic rings. The van der Waals surface area contributed by atoms with Gasteiger partial charge in [-0.2, -0.15) is 0 Å². The summed E-state index contributed by atoms with van der Waals surface area (Å²) in [7, 11) is 1.16. The van der Waals surface area contributed by atoms with E-state index in [1.54, 1.807) is 11.8 Å². The van der Waals surface area contributed by atoms with Crippen LogP contribution in [0.4, 0.5) is 13.2 Å². The van der Waals surface area contributed by atoms with Gasteiger partial charge in [-0.1, -0.05) is 17.7 Å². The number of nitrogens with zero attached hydrogens (tertiary/aromatic N) is 3. The Labute approximate surface area is 204 Å². The third kappa shape index (κ3) is 6.37. The highest BCUT2D eigenvalue weighted by atomic mass is 35.5. The number of hydrogen-bond acceptors (Lipinski definition) is 8. The lowest BCUT2D eigenvalue weighted by atomic mass is 9.94. The van der Waals surface area contributed by atoms with Crippen molar-refractivity contribution in [3.63, 3.8) is 0 Å². The molecule has 12 heteroatoms. The van der Waals surface area contributed by atoms with E-state index in [-0.39, 0.29) is 59.6 Å². The summed E-state index contributed by atoms with van der Waals surface area (Å²) in [6.45, 7) is 1.57. The monoisotopic (exact) mass is 512 g/mol. The summed E-state index contributed by atoms with van der Waals surface area (Å²) in [5.74, 6) is -3.42. The second kappa shape index (κ2) is 11.6. The summed E-state index contributed by atoms with van der Waals surface area (Å²) in [6, 6.07) is 3.00. The van der Waals surface area contributed by atoms with E-state index < -0.39 is 35.6 Å². The number of hydrogen-bond donors (Lipinski definition) is 3. The zero-order valence-corrected chi connectivity index (χ0v) is 19.7. The molecule has 0 bridgehead atoms. The van der Waals surface area contributed by atoms with Crippen molar-refractivity contribution >= 4 is 23.4 Å². The summed E-state index contributed by atoms with van der Waals surface area (Å²) < 4.78 is 46.8. The van der Waals surface area contributed by atoms with Gasteiger partial charge in [0.25, 0.3) is 0 Å². The van der Waals surface area contributed by atoms with Gasteiger partial charge >= 0.3 is 5.97 Å². The van der Waals surface area contributed by atoms with Crippen LogP contribution in [0.5, 0.6) is 0 Å². The van der Waals surface area contributed by atoms with Crippen molar-refractivity contribution in [3.05, 3.63) is 75.5 Å². The Hall–Kier alpha value is -2.99. The van der Waals surface area contributed by atoms with Gasteiger partial charge in [-0.05, 0) is 19.1 Å². The third-order valence-electron chi connectivity index (χ3n) is 5.14. The zero-order valence-electron chi connectivity index (χ0n) is 18.9. The minimum Gasteiger partial charge on any atom is -0.466 e. The minimum absolute atomic E-state index is 0.000751. The van der Waals surface area contributed by atoms with Crippen molar-refractivity contribution in [3.8, 4) is 0 Å². The second-order valence-corrected chi connectivity index (χ2v) is 8.25. The van der Waals surface area contributed by atoms with Crippen LogP contribution in [0, 0.1) is 17.5 Å². The Morgan fingerprint density at radius 3 is 2.63 bits per heavy atom. The molecule has 1 aromatic carbocycles. The van der Waals surface area contributed by atoms with Crippen LogP contribution in [0.15, 0.2) is 46.7 Å². The van der Waals surface area contributed by atoms with Gasteiger partial charge in [0, 0.05) is 42.0 Å². The summed E-state index contributed by atoms with van der Waals surface area (Å²) >= 11 is 6.27. The zero-order chi connectivity index (χ0) is 25.7. The van der Waals surface area contributed by atoms with Crippen LogP contribution in [-0.4, -0.2) is 71.4 Å². The summed E-state index contributed by atoms with van der Waals surface area (Å²) in [5.41, 5.74) is 0.115. The van der Waals surface area contributed by atoms with Crippen molar-refractivity contribution in [1.82, 2.24) is 15.2 Å². The maximum absolute atomic E-state index is 14.6. The molecule has 0 saturated heterocycles. The number of carbonyl (C=O) groups excluding carboxylic acids is 1. The molecule has 2 atom stereocenters. The first-order valence-electron chi connectivity index (χ1n) is 10.6. The number of amidine groups is 1. The van der Waals surface area contributed by atoms with E-state index in [1.165, 1.54) is 6.07 Å². The highest BCUT2D eigenvalue weighted by Crippen LogP contribution is 2.36. The predicted octanol–water partition coefficient (Wildman–Crippen LogP) is 2.35. The Balaban J connectivity index is 2.20. The number of aliphatic imine (C=N–C) groups is 1. The fourth-order valence-corrected chi connectivity index (χ4v) is 3.97. The van der Waals surface area contributed by atoms with Crippen molar-refractivity contribution in [2.24, 2.45) is 4.99 Å². The molecule has 1 aliphatic heterocycles. The molecule has 0 radical (unpaired) electrons. The van der Waals surface area contributed by atoms with Crippen LogP contribution in [0.2, 0.25) is 5.02 Å². The number of aromatic nitrogens is 1. The van der Waals surface area contributed by atoms with E-state index in [4.69, 9.17) is 16.3 Å². The number of benzene rings is 1. The number of carbonyl (C=O) groups is 1. The van der Waals surface area contributed by atoms with Gasteiger partial charge in [0.05, 0.1) is 31.6 Å². The Morgan fingerprint density at radius 1 is 1.29 bits per heavy atom. The molecule has 1 aliphatic rings. The molecule has 188 valence electrons. The lowest BCUT2D eigenvalue weighted by molar-refractivity contribution is -0.136. The second-order valence-electron chi connectivity index (χ2n) is 7.85. The van der Waals surface area contributed by atoms with Gasteiger partial charge in [-0.15, -0.1) is 0 Å². The fraction of sp³-hybridized carbons (Fsp3) is 0.348. The number of rotatable bonds is 9. The molecular formula is C23H24ClF3N4O4. The van der Waals surface area contributed by atoms with Crippen molar-refractivity contribution in [1.29, 1.82) is 0 Å². The molecule has 3 rings (SSSR count). The Bertz CT molecular complexity index is 1160. The van der Waals surface area contributed by atoms with Crippen LogP contribution >= 0.6 is 11.6 Å². The minimum atomic E-state index is -1.16. The van der Waals surface area contributed by atoms with Gasteiger partial charge in [-0.25, -0.2) is 22.9 Å². The SMILES string of the molecule is COC(=O)C1=C(CN(CCO)CC(C)O)NC(c2ncc(F)cc2F)=NC1c1ccc(F)cc1Cl. The molecule has 0 fully saturated rings. The standard InChI is InChI=1S/C23H24ClF3N4O4/c1-12(33)10-31(5-6-32)11-18-19(23(34)35-2)20(15-4-3-13(25)7-16(15)24)30-22(29-18)21-17(27)8-14(26)9-28-21/h3-4,7-9,12,20,32-33H,5-6,10-11H2,1-2H3,(H,29,30). The molecule has 35 heavy (non-hydrogen) atoms. The van der Waals surface area contributed by atoms with Gasteiger partial charge in [0.1, 0.15) is 23.4 Å². The van der Waals surface area contributed by atoms with Gasteiger partial charge < -0.3 is 20.3 Å². The van der Waals surface area contributed by atoms with Gasteiger partial charge in [0.2, 0.25) is 0 Å². The molecule has 0 spiro atoms. The van der Waals surface area contributed by atoms with E-state index in [0.29, 0.717) is 6.07 Å². The average Bonchev–Trinajstić information content (AvgIpc) is 2.78. The topological polar surface area (TPSA) is 107 Å². The van der Waals surface area contributed by atoms with Crippen LogP contribution in [0.3, 0.4) is 0 Å². The van der Waals surface area contributed by atoms with E-state index in [2.05, 4.69) is 15.3 Å². The molecule has 2 unspecified atom stereocenters. The van der Waals surface area contributed by atoms with Gasteiger partial charge in [0.15, 0.2) is 11.7 Å². The molecule has 0 aliphatic carbocycles.